The summed E-state index contributed by atoms with van der Waals surface area (Å²) >= 11 is 0. The third-order valence-electron chi connectivity index (χ3n) is 27.3. The second-order valence-electron chi connectivity index (χ2n) is 39.3. The molecule has 31 nitrogen and oxygen atoms in total. The molecule has 5 aromatic carbocycles. The Morgan fingerprint density at radius 2 is 0.368 bits per heavy atom. The molecule has 746 valence electrons. The summed E-state index contributed by atoms with van der Waals surface area (Å²) in [5.41, 5.74) is 5.83. The smallest absolute Gasteiger partial charge is 0.187 e. The number of hydrogen-bond donors (Lipinski definition) is 0. The Morgan fingerprint density at radius 3 is 0.541 bits per heavy atom. The molecule has 22 saturated heterocycles. The van der Waals surface area contributed by atoms with Gasteiger partial charge in [-0.25, -0.2) is 0 Å². The molecule has 22 heterocycles. The Hall–Kier alpha value is -5.14. The minimum Gasteiger partial charge on any atom is -0.382 e. The quantitative estimate of drug-likeness (QED) is 0.0361. The van der Waals surface area contributed by atoms with Gasteiger partial charge in [-0.3, -0.25) is 0 Å². The van der Waals surface area contributed by atoms with Crippen LogP contribution in [0.5, 0.6) is 0 Å². The molecule has 31 heteroatoms. The number of methoxy groups -OCH3 is 18. The van der Waals surface area contributed by atoms with Crippen LogP contribution in [-0.2, 0) is 180 Å². The van der Waals surface area contributed by atoms with Gasteiger partial charge in [-0.15, -0.1) is 0 Å². The molecular weight excluding hydrogens is 1720 g/mol. The van der Waals surface area contributed by atoms with E-state index in [0.29, 0.717) is 0 Å². The largest absolute Gasteiger partial charge is 0.382 e. The molecule has 5 aromatic rings. The van der Waals surface area contributed by atoms with Crippen molar-refractivity contribution in [2.45, 2.75) is 300 Å². The topological polar surface area (TPSA) is 286 Å². The molecular formula is C102H152O31. The maximum Gasteiger partial charge on any atom is 0.187 e. The van der Waals surface area contributed by atoms with E-state index in [9.17, 15) is 0 Å². The second-order valence-corrected chi connectivity index (χ2v) is 39.3. The first-order valence-electron chi connectivity index (χ1n) is 46.0. The SMILES string of the molecule is COC[C@H]1O[C@@H]2O[C@H]3[C@H](OC)[C@@H](OC)[C@@H](O[C@H]4[C@H](OC)[C@@H](OC)[C@@H](O[C@H]5[C@H](OC)[C@@H](OC)[C@@H](O[C@H]6[C@H](OC)[C@@H](OC)[C@@H](O[C@H]7[C@H](OC)[C@@H](OC)[C@@H](O[C@H]1[C@H](OC)[C@H]2OC)O[C@@H]7COC)O[C@@H]6COC)O[C@@H]5COC(c1ccc(C(C)(C)C)cc1)(c1ccc(C(C)(C)C)cc1)c1cccc(C(OC)(c2ccc(C(C)(C)C)cc2)c2ccc(C(C)(C)C)cc2)c1)O[C@@H]4COC)O[C@@H]3COC. The van der Waals surface area contributed by atoms with Crippen molar-refractivity contribution in [3.8, 4) is 0 Å². The van der Waals surface area contributed by atoms with E-state index in [0.717, 1.165) is 44.5 Å². The van der Waals surface area contributed by atoms with E-state index in [4.69, 9.17) is 147 Å². The molecule has 22 aliphatic heterocycles. The van der Waals surface area contributed by atoms with Gasteiger partial charge in [-0.2, -0.15) is 0 Å². The summed E-state index contributed by atoms with van der Waals surface area (Å²) in [6.45, 7) is 25.9. The van der Waals surface area contributed by atoms with E-state index in [-0.39, 0.29) is 61.3 Å². The number of ether oxygens (including phenoxy) is 31. The van der Waals surface area contributed by atoms with Crippen LogP contribution in [-0.4, -0.2) is 352 Å². The van der Waals surface area contributed by atoms with Crippen LogP contribution < -0.4 is 0 Å². The Balaban J connectivity index is 1.06. The Morgan fingerprint density at radius 1 is 0.195 bits per heavy atom. The average molecular weight is 1870 g/mol. The molecule has 30 atom stereocenters. The monoisotopic (exact) mass is 1870 g/mol. The van der Waals surface area contributed by atoms with Gasteiger partial charge >= 0.3 is 0 Å². The van der Waals surface area contributed by atoms with Crippen molar-refractivity contribution < 1.29 is 147 Å². The molecule has 0 spiro atoms. The van der Waals surface area contributed by atoms with Gasteiger partial charge in [-0.1, -0.05) is 198 Å². The summed E-state index contributed by atoms with van der Waals surface area (Å²) in [5.74, 6) is 0. The van der Waals surface area contributed by atoms with Crippen molar-refractivity contribution in [3.63, 3.8) is 0 Å². The molecule has 12 bridgehead atoms. The van der Waals surface area contributed by atoms with Gasteiger partial charge in [0.05, 0.1) is 39.6 Å². The number of benzene rings is 5. The lowest BCUT2D eigenvalue weighted by Gasteiger charge is -2.53. The maximum absolute atomic E-state index is 8.35. The average Bonchev–Trinajstić information content (AvgIpc) is 0.724. The first kappa shape index (κ1) is 107. The molecule has 0 aromatic heterocycles. The van der Waals surface area contributed by atoms with Crippen molar-refractivity contribution in [1.82, 2.24) is 0 Å². The number of rotatable bonds is 32. The first-order chi connectivity index (χ1) is 63.6. The standard InChI is InChI=1S/C102H152O31/c1-97(2,3)57-34-42-61(43-35-57)101(120-30,62-44-36-58(37-45-62)98(4,5)6)65-32-31-33-66(50-65)102(63-46-38-59(39-47-63)99(7,8)9,64-48-40-60(41-49-64)100(10,11)12)121-56-72-78-84(113-23)90(119-29)96(127-72)132-77-71(55-107-17)125-94(88(117-27)83(77)112-22)130-75-69(53-105-15)123-92(86(115-25)81(75)110-20)128-73-67(51-103-13)122-91(85(114-24)79(73)108-18)129-74-68(52-104-14)124-93(87(116-26)80(74)109-19)131-76-70(54-106-16)126-95(133-78)89(118-28)82(76)111-21/h31-50,67-96H,51-56H2,1-30H3/t67-,68-,69-,70-,71-,72-,73-,74-,75-,76-,77-,78-,79+,80+,81+,82+,83+,84+,85-,86-,87-,88-,89-,90-,91-,92-,93-,94-,95-,96-/m1/s1. The fourth-order valence-electron chi connectivity index (χ4n) is 20.2. The van der Waals surface area contributed by atoms with Crippen LogP contribution in [0.15, 0.2) is 121 Å². The van der Waals surface area contributed by atoms with Gasteiger partial charge in [0.15, 0.2) is 37.7 Å². The second kappa shape index (κ2) is 46.5. The maximum atomic E-state index is 8.35. The third kappa shape index (κ3) is 22.4. The third-order valence-corrected chi connectivity index (χ3v) is 27.3. The highest BCUT2D eigenvalue weighted by Crippen LogP contribution is 2.50. The summed E-state index contributed by atoms with van der Waals surface area (Å²) < 4.78 is 212. The minimum atomic E-state index is -1.56. The lowest BCUT2D eigenvalue weighted by molar-refractivity contribution is -0.410. The van der Waals surface area contributed by atoms with E-state index in [1.165, 1.54) is 68.0 Å². The van der Waals surface area contributed by atoms with E-state index in [1.54, 1.807) is 71.1 Å². The fraction of sp³-hybridized carbons (Fsp3) is 0.706. The van der Waals surface area contributed by atoms with Gasteiger partial charge in [0.2, 0.25) is 0 Å². The highest BCUT2D eigenvalue weighted by atomic mass is 16.8. The van der Waals surface area contributed by atoms with E-state index in [2.05, 4.69) is 204 Å². The van der Waals surface area contributed by atoms with Crippen LogP contribution in [0.1, 0.15) is 139 Å². The van der Waals surface area contributed by atoms with E-state index >= 15 is 0 Å². The van der Waals surface area contributed by atoms with Crippen LogP contribution in [0, 0.1) is 0 Å². The van der Waals surface area contributed by atoms with Crippen LogP contribution in [0.4, 0.5) is 0 Å². The molecule has 0 amide bonds. The predicted molar refractivity (Wildman–Crippen MR) is 490 cm³/mol. The zero-order valence-corrected chi connectivity index (χ0v) is 83.8. The molecule has 133 heavy (non-hydrogen) atoms. The zero-order chi connectivity index (χ0) is 96.4. The van der Waals surface area contributed by atoms with Crippen molar-refractivity contribution in [1.29, 1.82) is 0 Å². The highest BCUT2D eigenvalue weighted by Gasteiger charge is 2.62. The molecule has 0 saturated carbocycles. The lowest BCUT2D eigenvalue weighted by atomic mass is 9.74. The summed E-state index contributed by atoms with van der Waals surface area (Å²) in [6.07, 6.45) is -33.2. The Bertz CT molecular complexity index is 4180. The number of hydrogen-bond acceptors (Lipinski definition) is 31. The molecule has 0 unspecified atom stereocenters. The Labute approximate surface area is 787 Å². The van der Waals surface area contributed by atoms with Crippen molar-refractivity contribution in [2.75, 3.05) is 168 Å². The van der Waals surface area contributed by atoms with Gasteiger partial charge in [0.1, 0.15) is 158 Å². The predicted octanol–water partition coefficient (Wildman–Crippen LogP) is 11.2. The Kier molecular flexibility index (Phi) is 37.3. The zero-order valence-electron chi connectivity index (χ0n) is 83.8. The van der Waals surface area contributed by atoms with Crippen LogP contribution in [0.3, 0.4) is 0 Å². The van der Waals surface area contributed by atoms with Crippen LogP contribution in [0.2, 0.25) is 0 Å². The van der Waals surface area contributed by atoms with Crippen molar-refractivity contribution in [3.05, 3.63) is 177 Å². The van der Waals surface area contributed by atoms with Crippen LogP contribution >= 0.6 is 0 Å². The van der Waals surface area contributed by atoms with Crippen molar-refractivity contribution >= 4 is 0 Å². The molecule has 27 rings (SSSR count). The van der Waals surface area contributed by atoms with Gasteiger partial charge in [0, 0.05) is 128 Å². The van der Waals surface area contributed by atoms with E-state index in [1.807, 2.05) is 0 Å². The van der Waals surface area contributed by atoms with Gasteiger partial charge in [-0.05, 0) is 83.4 Å². The summed E-state index contributed by atoms with van der Waals surface area (Å²) in [7, 11) is 28.0. The first-order valence-corrected chi connectivity index (χ1v) is 46.0. The van der Waals surface area contributed by atoms with Crippen molar-refractivity contribution in [2.24, 2.45) is 0 Å². The van der Waals surface area contributed by atoms with Crippen LogP contribution in [0.25, 0.3) is 0 Å². The highest BCUT2D eigenvalue weighted by molar-refractivity contribution is 5.55. The molecule has 0 N–H and O–H groups in total. The van der Waals surface area contributed by atoms with Gasteiger partial charge < -0.3 is 147 Å². The minimum absolute atomic E-state index is 0.0364. The lowest BCUT2D eigenvalue weighted by Crippen LogP contribution is -2.70. The van der Waals surface area contributed by atoms with Gasteiger partial charge in [0.25, 0.3) is 0 Å². The summed E-state index contributed by atoms with van der Waals surface area (Å²) in [6, 6.07) is 43.4. The molecule has 0 aliphatic carbocycles. The molecule has 22 fully saturated rings. The molecule has 0 radical (unpaired) electrons. The summed E-state index contributed by atoms with van der Waals surface area (Å²) in [4.78, 5) is 0. The van der Waals surface area contributed by atoms with E-state index < -0.39 is 195 Å². The normalized spacial score (nSPS) is 34.2. The summed E-state index contributed by atoms with van der Waals surface area (Å²) in [5, 5.41) is 0. The molecule has 22 aliphatic rings. The fourth-order valence-corrected chi connectivity index (χ4v) is 20.2.